The Kier molecular flexibility index (Phi) is 3.15. The number of hydrogen-bond acceptors (Lipinski definition) is 1. The molecular formula is C7H12NS. The molecule has 1 heterocycles. The number of rotatable bonds is 2. The van der Waals surface area contributed by atoms with Gasteiger partial charge in [0.1, 0.15) is 0 Å². The maximum absolute atomic E-state index is 4.31. The van der Waals surface area contributed by atoms with E-state index in [2.05, 4.69) is 11.9 Å². The molecule has 0 N–H and O–H groups in total. The van der Waals surface area contributed by atoms with Crippen molar-refractivity contribution in [3.63, 3.8) is 0 Å². The lowest BCUT2D eigenvalue weighted by atomic mass is 10.3. The van der Waals surface area contributed by atoms with Crippen LogP contribution in [0.1, 0.15) is 6.42 Å². The lowest BCUT2D eigenvalue weighted by molar-refractivity contribution is 0.660. The Morgan fingerprint density at radius 1 is 1.78 bits per heavy atom. The lowest BCUT2D eigenvalue weighted by Gasteiger charge is -2.18. The van der Waals surface area contributed by atoms with E-state index in [0.717, 1.165) is 24.8 Å². The van der Waals surface area contributed by atoms with Crippen LogP contribution in [0.25, 0.3) is 0 Å². The van der Waals surface area contributed by atoms with E-state index in [0.29, 0.717) is 0 Å². The molecule has 1 aliphatic heterocycles. The standard InChI is InChI=1S/C7H12NS/c1-2-3-7-6-8-4-5-9-7/h2,7H,1,3-6H2. The molecule has 0 aliphatic carbocycles. The average molecular weight is 142 g/mol. The van der Waals surface area contributed by atoms with Gasteiger partial charge in [-0.1, -0.05) is 6.08 Å². The number of hydrogen-bond donors (Lipinski definition) is 0. The van der Waals surface area contributed by atoms with E-state index in [1.165, 1.54) is 5.75 Å². The molecule has 0 aromatic carbocycles. The van der Waals surface area contributed by atoms with Gasteiger partial charge < -0.3 is 0 Å². The molecule has 9 heavy (non-hydrogen) atoms. The first-order valence-corrected chi connectivity index (χ1v) is 4.34. The summed E-state index contributed by atoms with van der Waals surface area (Å²) in [4.78, 5) is 0. The smallest absolute Gasteiger partial charge is 0.0256 e. The second kappa shape index (κ2) is 3.96. The minimum atomic E-state index is 0.733. The molecule has 1 fully saturated rings. The van der Waals surface area contributed by atoms with E-state index < -0.39 is 0 Å². The van der Waals surface area contributed by atoms with Crippen LogP contribution in [0.4, 0.5) is 0 Å². The van der Waals surface area contributed by atoms with E-state index in [1.54, 1.807) is 0 Å². The average Bonchev–Trinajstić information content (AvgIpc) is 1.91. The van der Waals surface area contributed by atoms with Crippen LogP contribution in [-0.4, -0.2) is 24.1 Å². The van der Waals surface area contributed by atoms with E-state index in [4.69, 9.17) is 0 Å². The zero-order chi connectivity index (χ0) is 6.53. The Hall–Kier alpha value is 0.0500. The van der Waals surface area contributed by atoms with Gasteiger partial charge in [-0.05, 0) is 6.42 Å². The summed E-state index contributed by atoms with van der Waals surface area (Å²) < 4.78 is 0. The minimum absolute atomic E-state index is 0.733. The highest BCUT2D eigenvalue weighted by Gasteiger charge is 2.11. The summed E-state index contributed by atoms with van der Waals surface area (Å²) in [6.07, 6.45) is 3.10. The third-order valence-corrected chi connectivity index (χ3v) is 2.60. The van der Waals surface area contributed by atoms with Crippen LogP contribution in [0.2, 0.25) is 0 Å². The Labute approximate surface area is 60.9 Å². The first-order chi connectivity index (χ1) is 4.43. The van der Waals surface area contributed by atoms with Gasteiger partial charge in [0.05, 0.1) is 0 Å². The van der Waals surface area contributed by atoms with Crippen molar-refractivity contribution in [2.45, 2.75) is 11.7 Å². The molecule has 1 saturated heterocycles. The van der Waals surface area contributed by atoms with Gasteiger partial charge in [-0.15, -0.1) is 6.58 Å². The second-order valence-electron chi connectivity index (χ2n) is 2.15. The van der Waals surface area contributed by atoms with Crippen LogP contribution in [0.3, 0.4) is 0 Å². The maximum Gasteiger partial charge on any atom is 0.0256 e. The molecule has 0 aromatic heterocycles. The Balaban J connectivity index is 2.15. The van der Waals surface area contributed by atoms with Gasteiger partial charge in [-0.2, -0.15) is 11.8 Å². The quantitative estimate of drug-likeness (QED) is 0.530. The zero-order valence-electron chi connectivity index (χ0n) is 5.55. The minimum Gasteiger partial charge on any atom is -0.240 e. The Morgan fingerprint density at radius 3 is 3.22 bits per heavy atom. The van der Waals surface area contributed by atoms with Crippen LogP contribution >= 0.6 is 11.8 Å². The van der Waals surface area contributed by atoms with Crippen LogP contribution in [0.5, 0.6) is 0 Å². The summed E-state index contributed by atoms with van der Waals surface area (Å²) in [6, 6.07) is 0. The van der Waals surface area contributed by atoms with Gasteiger partial charge in [0.25, 0.3) is 0 Å². The molecule has 1 nitrogen and oxygen atoms in total. The molecule has 0 bridgehead atoms. The van der Waals surface area contributed by atoms with Crippen molar-refractivity contribution in [2.75, 3.05) is 18.8 Å². The van der Waals surface area contributed by atoms with E-state index in [9.17, 15) is 0 Å². The normalized spacial score (nSPS) is 27.8. The van der Waals surface area contributed by atoms with Gasteiger partial charge in [0, 0.05) is 24.1 Å². The zero-order valence-corrected chi connectivity index (χ0v) is 6.36. The third kappa shape index (κ3) is 2.41. The van der Waals surface area contributed by atoms with Crippen molar-refractivity contribution in [3.8, 4) is 0 Å². The second-order valence-corrected chi connectivity index (χ2v) is 3.56. The molecule has 1 unspecified atom stereocenters. The monoisotopic (exact) mass is 142 g/mol. The largest absolute Gasteiger partial charge is 0.240 e. The molecule has 0 aromatic rings. The first-order valence-electron chi connectivity index (χ1n) is 3.29. The number of thioether (sulfide) groups is 1. The van der Waals surface area contributed by atoms with Crippen molar-refractivity contribution < 1.29 is 0 Å². The summed E-state index contributed by atoms with van der Waals surface area (Å²) >= 11 is 2.02. The topological polar surface area (TPSA) is 14.1 Å². The molecule has 2 heteroatoms. The molecule has 1 aliphatic rings. The number of nitrogens with zero attached hydrogens (tertiary/aromatic N) is 1. The molecule has 0 spiro atoms. The van der Waals surface area contributed by atoms with Crippen molar-refractivity contribution in [1.82, 2.24) is 5.32 Å². The fourth-order valence-corrected chi connectivity index (χ4v) is 1.95. The molecular weight excluding hydrogens is 130 g/mol. The van der Waals surface area contributed by atoms with Crippen LogP contribution in [0, 0.1) is 0 Å². The summed E-state index contributed by atoms with van der Waals surface area (Å²) in [7, 11) is 0. The van der Waals surface area contributed by atoms with Gasteiger partial charge in [-0.3, -0.25) is 0 Å². The summed E-state index contributed by atoms with van der Waals surface area (Å²) in [5, 5.41) is 5.04. The third-order valence-electron chi connectivity index (χ3n) is 1.37. The lowest BCUT2D eigenvalue weighted by Crippen LogP contribution is -2.26. The van der Waals surface area contributed by atoms with Crippen molar-refractivity contribution >= 4 is 11.8 Å². The van der Waals surface area contributed by atoms with Crippen molar-refractivity contribution in [3.05, 3.63) is 12.7 Å². The predicted octanol–water partition coefficient (Wildman–Crippen LogP) is 1.28. The van der Waals surface area contributed by atoms with Crippen molar-refractivity contribution in [1.29, 1.82) is 0 Å². The van der Waals surface area contributed by atoms with Crippen LogP contribution in [0.15, 0.2) is 12.7 Å². The first kappa shape index (κ1) is 7.16. The van der Waals surface area contributed by atoms with Gasteiger partial charge in [0.15, 0.2) is 0 Å². The van der Waals surface area contributed by atoms with Crippen molar-refractivity contribution in [2.24, 2.45) is 0 Å². The SMILES string of the molecule is C=CCC1C[N]CCS1. The highest BCUT2D eigenvalue weighted by Crippen LogP contribution is 2.16. The Morgan fingerprint density at radius 2 is 2.67 bits per heavy atom. The summed E-state index contributed by atoms with van der Waals surface area (Å²) in [6.45, 7) is 5.79. The molecule has 0 amide bonds. The van der Waals surface area contributed by atoms with E-state index in [-0.39, 0.29) is 0 Å². The van der Waals surface area contributed by atoms with Gasteiger partial charge >= 0.3 is 0 Å². The van der Waals surface area contributed by atoms with E-state index >= 15 is 0 Å². The summed E-state index contributed by atoms with van der Waals surface area (Å²) in [5.41, 5.74) is 0. The van der Waals surface area contributed by atoms with Crippen LogP contribution < -0.4 is 5.32 Å². The fraction of sp³-hybridized carbons (Fsp3) is 0.714. The maximum atomic E-state index is 4.31. The molecule has 1 rings (SSSR count). The highest BCUT2D eigenvalue weighted by atomic mass is 32.2. The molecule has 1 atom stereocenters. The van der Waals surface area contributed by atoms with Crippen LogP contribution in [-0.2, 0) is 0 Å². The molecule has 1 radical (unpaired) electrons. The summed E-state index contributed by atoms with van der Waals surface area (Å²) in [5.74, 6) is 1.21. The highest BCUT2D eigenvalue weighted by molar-refractivity contribution is 8.00. The van der Waals surface area contributed by atoms with E-state index in [1.807, 2.05) is 17.8 Å². The predicted molar refractivity (Wildman–Crippen MR) is 42.9 cm³/mol. The van der Waals surface area contributed by atoms with Gasteiger partial charge in [0.2, 0.25) is 0 Å². The Bertz CT molecular complexity index is 86.9. The van der Waals surface area contributed by atoms with Gasteiger partial charge in [-0.25, -0.2) is 5.32 Å². The molecule has 51 valence electrons. The fourth-order valence-electron chi connectivity index (χ4n) is 0.900. The number of allylic oxidation sites excluding steroid dienone is 1. The molecule has 0 saturated carbocycles.